The molecular formula is C9H14N4O. The number of nitrogen functional groups attached to an aromatic ring is 2. The summed E-state index contributed by atoms with van der Waals surface area (Å²) >= 11 is 0. The van der Waals surface area contributed by atoms with E-state index in [4.69, 9.17) is 11.5 Å². The maximum atomic E-state index is 11.1. The molecule has 0 unspecified atom stereocenters. The lowest BCUT2D eigenvalue weighted by atomic mass is 10.2. The highest BCUT2D eigenvalue weighted by Gasteiger charge is 2.01. The fourth-order valence-electron chi connectivity index (χ4n) is 0.988. The molecule has 0 fully saturated rings. The molecular weight excluding hydrogens is 180 g/mol. The first-order valence-corrected chi connectivity index (χ1v) is 4.33. The molecule has 5 heteroatoms. The molecule has 0 radical (unpaired) electrons. The largest absolute Gasteiger partial charge is 0.397 e. The van der Waals surface area contributed by atoms with Crippen molar-refractivity contribution in [2.24, 2.45) is 0 Å². The van der Waals surface area contributed by atoms with Crippen LogP contribution in [0.3, 0.4) is 0 Å². The van der Waals surface area contributed by atoms with E-state index in [-0.39, 0.29) is 6.03 Å². The Morgan fingerprint density at radius 1 is 1.36 bits per heavy atom. The normalized spacial score (nSPS) is 9.50. The lowest BCUT2D eigenvalue weighted by molar-refractivity contribution is 0.252. The van der Waals surface area contributed by atoms with Crippen molar-refractivity contribution in [3.63, 3.8) is 0 Å². The fraction of sp³-hybridized carbons (Fsp3) is 0.222. The summed E-state index contributed by atoms with van der Waals surface area (Å²) in [6, 6.07) is 4.71. The molecule has 2 amide bonds. The van der Waals surface area contributed by atoms with Crippen LogP contribution in [0.4, 0.5) is 21.9 Å². The molecule has 0 atom stereocenters. The molecule has 6 N–H and O–H groups in total. The van der Waals surface area contributed by atoms with E-state index in [1.807, 2.05) is 6.92 Å². The summed E-state index contributed by atoms with van der Waals surface area (Å²) in [4.78, 5) is 11.1. The number of benzene rings is 1. The van der Waals surface area contributed by atoms with Crippen LogP contribution in [0.5, 0.6) is 0 Å². The number of carbonyl (C=O) groups is 1. The minimum Gasteiger partial charge on any atom is -0.397 e. The minimum absolute atomic E-state index is 0.253. The number of anilines is 3. The van der Waals surface area contributed by atoms with Gasteiger partial charge in [0.1, 0.15) is 0 Å². The van der Waals surface area contributed by atoms with Crippen LogP contribution >= 0.6 is 0 Å². The first-order chi connectivity index (χ1) is 6.63. The number of urea groups is 1. The second kappa shape index (κ2) is 4.36. The third-order valence-electron chi connectivity index (χ3n) is 1.68. The van der Waals surface area contributed by atoms with Gasteiger partial charge >= 0.3 is 6.03 Å². The summed E-state index contributed by atoms with van der Waals surface area (Å²) in [6.07, 6.45) is 0. The van der Waals surface area contributed by atoms with Crippen LogP contribution in [0.2, 0.25) is 0 Å². The second-order valence-electron chi connectivity index (χ2n) is 2.83. The number of carbonyl (C=O) groups excluding carboxylic acids is 1. The fourth-order valence-corrected chi connectivity index (χ4v) is 0.988. The van der Waals surface area contributed by atoms with Gasteiger partial charge in [-0.05, 0) is 25.1 Å². The van der Waals surface area contributed by atoms with Crippen LogP contribution in [0.1, 0.15) is 6.92 Å². The van der Waals surface area contributed by atoms with Crippen LogP contribution in [-0.4, -0.2) is 12.6 Å². The molecule has 1 rings (SSSR count). The van der Waals surface area contributed by atoms with Crippen molar-refractivity contribution in [1.29, 1.82) is 0 Å². The van der Waals surface area contributed by atoms with Gasteiger partial charge in [0.2, 0.25) is 0 Å². The maximum Gasteiger partial charge on any atom is 0.319 e. The number of rotatable bonds is 2. The van der Waals surface area contributed by atoms with Crippen molar-refractivity contribution >= 4 is 23.1 Å². The average Bonchev–Trinajstić information content (AvgIpc) is 2.12. The zero-order valence-electron chi connectivity index (χ0n) is 8.00. The van der Waals surface area contributed by atoms with Crippen molar-refractivity contribution < 1.29 is 4.79 Å². The quantitative estimate of drug-likeness (QED) is 0.529. The predicted octanol–water partition coefficient (Wildman–Crippen LogP) is 0.992. The molecule has 0 bridgehead atoms. The number of amides is 2. The SMILES string of the molecule is CCNC(=O)Nc1ccc(N)c(N)c1. The molecule has 0 saturated carbocycles. The smallest absolute Gasteiger partial charge is 0.319 e. The molecule has 5 nitrogen and oxygen atoms in total. The molecule has 1 aromatic rings. The van der Waals surface area contributed by atoms with E-state index in [9.17, 15) is 4.79 Å². The lowest BCUT2D eigenvalue weighted by Gasteiger charge is -2.07. The van der Waals surface area contributed by atoms with Crippen molar-refractivity contribution in [3.05, 3.63) is 18.2 Å². The first kappa shape index (κ1) is 10.2. The lowest BCUT2D eigenvalue weighted by Crippen LogP contribution is -2.28. The third kappa shape index (κ3) is 2.55. The van der Waals surface area contributed by atoms with Gasteiger partial charge in [0, 0.05) is 12.2 Å². The van der Waals surface area contributed by atoms with Gasteiger partial charge in [0.25, 0.3) is 0 Å². The molecule has 14 heavy (non-hydrogen) atoms. The molecule has 1 aromatic carbocycles. The topological polar surface area (TPSA) is 93.2 Å². The van der Waals surface area contributed by atoms with Crippen molar-refractivity contribution in [3.8, 4) is 0 Å². The van der Waals surface area contributed by atoms with Gasteiger partial charge in [-0.2, -0.15) is 0 Å². The summed E-state index contributed by atoms with van der Waals surface area (Å²) in [5.74, 6) is 0. The molecule has 0 aliphatic heterocycles. The Hall–Kier alpha value is -1.91. The van der Waals surface area contributed by atoms with E-state index >= 15 is 0 Å². The molecule has 0 aromatic heterocycles. The van der Waals surface area contributed by atoms with Gasteiger partial charge in [-0.15, -0.1) is 0 Å². The highest BCUT2D eigenvalue weighted by molar-refractivity contribution is 5.90. The zero-order chi connectivity index (χ0) is 10.6. The second-order valence-corrected chi connectivity index (χ2v) is 2.83. The van der Waals surface area contributed by atoms with Crippen LogP contribution < -0.4 is 22.1 Å². The summed E-state index contributed by atoms with van der Waals surface area (Å²) in [7, 11) is 0. The Morgan fingerprint density at radius 3 is 2.64 bits per heavy atom. The summed E-state index contributed by atoms with van der Waals surface area (Å²) in [5.41, 5.74) is 12.7. The molecule has 0 aliphatic rings. The van der Waals surface area contributed by atoms with E-state index in [2.05, 4.69) is 10.6 Å². The number of hydrogen-bond acceptors (Lipinski definition) is 3. The Bertz CT molecular complexity index is 338. The monoisotopic (exact) mass is 194 g/mol. The first-order valence-electron chi connectivity index (χ1n) is 4.33. The summed E-state index contributed by atoms with van der Waals surface area (Å²) in [6.45, 7) is 2.42. The van der Waals surface area contributed by atoms with Gasteiger partial charge < -0.3 is 22.1 Å². The van der Waals surface area contributed by atoms with E-state index in [0.29, 0.717) is 23.6 Å². The highest BCUT2D eigenvalue weighted by atomic mass is 16.2. The van der Waals surface area contributed by atoms with Gasteiger partial charge in [-0.3, -0.25) is 0 Å². The number of nitrogens with one attached hydrogen (secondary N) is 2. The Labute approximate surface area is 82.5 Å². The molecule has 0 aliphatic carbocycles. The number of nitrogens with two attached hydrogens (primary N) is 2. The van der Waals surface area contributed by atoms with Gasteiger partial charge in [0.05, 0.1) is 11.4 Å². The van der Waals surface area contributed by atoms with E-state index < -0.39 is 0 Å². The minimum atomic E-state index is -0.253. The van der Waals surface area contributed by atoms with Crippen LogP contribution in [0.15, 0.2) is 18.2 Å². The maximum absolute atomic E-state index is 11.1. The third-order valence-corrected chi connectivity index (χ3v) is 1.68. The molecule has 76 valence electrons. The highest BCUT2D eigenvalue weighted by Crippen LogP contribution is 2.19. The van der Waals surface area contributed by atoms with E-state index in [1.54, 1.807) is 18.2 Å². The van der Waals surface area contributed by atoms with Crippen LogP contribution in [0, 0.1) is 0 Å². The van der Waals surface area contributed by atoms with E-state index in [0.717, 1.165) is 0 Å². The molecule has 0 heterocycles. The summed E-state index contributed by atoms with van der Waals surface area (Å²) < 4.78 is 0. The average molecular weight is 194 g/mol. The predicted molar refractivity (Wildman–Crippen MR) is 58.0 cm³/mol. The van der Waals surface area contributed by atoms with Crippen LogP contribution in [0.25, 0.3) is 0 Å². The van der Waals surface area contributed by atoms with Gasteiger partial charge in [-0.25, -0.2) is 4.79 Å². The molecule has 0 saturated heterocycles. The van der Waals surface area contributed by atoms with Crippen molar-refractivity contribution in [1.82, 2.24) is 5.32 Å². The summed E-state index contributed by atoms with van der Waals surface area (Å²) in [5, 5.41) is 5.23. The van der Waals surface area contributed by atoms with E-state index in [1.165, 1.54) is 0 Å². The van der Waals surface area contributed by atoms with Gasteiger partial charge in [0.15, 0.2) is 0 Å². The van der Waals surface area contributed by atoms with Crippen molar-refractivity contribution in [2.45, 2.75) is 6.92 Å². The van der Waals surface area contributed by atoms with Crippen LogP contribution in [-0.2, 0) is 0 Å². The molecule has 0 spiro atoms. The Kier molecular flexibility index (Phi) is 3.17. The Morgan fingerprint density at radius 2 is 2.07 bits per heavy atom. The standard InChI is InChI=1S/C9H14N4O/c1-2-12-9(14)13-6-3-4-7(10)8(11)5-6/h3-5H,2,10-11H2,1H3,(H2,12,13,14). The number of hydrogen-bond donors (Lipinski definition) is 4. The zero-order valence-corrected chi connectivity index (χ0v) is 8.00. The Balaban J connectivity index is 2.68. The van der Waals surface area contributed by atoms with Crippen molar-refractivity contribution in [2.75, 3.05) is 23.3 Å². The van der Waals surface area contributed by atoms with Gasteiger partial charge in [-0.1, -0.05) is 0 Å².